The molecule has 1 saturated heterocycles. The van der Waals surface area contributed by atoms with Crippen LogP contribution in [0.5, 0.6) is 0 Å². The van der Waals surface area contributed by atoms with E-state index in [1.54, 1.807) is 7.11 Å². The number of unbranched alkanes of at least 4 members (excludes halogenated alkanes) is 6. The molecule has 2 amide bonds. The van der Waals surface area contributed by atoms with Crippen molar-refractivity contribution < 1.29 is 162 Å². The van der Waals surface area contributed by atoms with Gasteiger partial charge in [0.15, 0.2) is 12.5 Å². The summed E-state index contributed by atoms with van der Waals surface area (Å²) in [5.74, 6) is -1.37. The lowest BCUT2D eigenvalue weighted by Crippen LogP contribution is -2.64. The number of hydrogen-bond donors (Lipinski definition) is 13. The highest BCUT2D eigenvalue weighted by molar-refractivity contribution is 7.47. The highest BCUT2D eigenvalue weighted by Gasteiger charge is 2.45. The monoisotopic (exact) mass is 1440 g/mol. The van der Waals surface area contributed by atoms with Crippen LogP contribution in [0.15, 0.2) is 0 Å². The number of rotatable bonds is 64. The summed E-state index contributed by atoms with van der Waals surface area (Å²) in [4.78, 5) is 63.7. The Labute approximate surface area is 544 Å². The van der Waals surface area contributed by atoms with Gasteiger partial charge in [-0.3, -0.25) is 41.3 Å². The topological polar surface area (TPSA) is 506 Å². The van der Waals surface area contributed by atoms with Crippen molar-refractivity contribution in [3.63, 3.8) is 0 Å². The van der Waals surface area contributed by atoms with E-state index >= 15 is 0 Å². The van der Waals surface area contributed by atoms with E-state index in [0.717, 1.165) is 0 Å². The minimum atomic E-state index is -4.81. The first-order valence-corrected chi connectivity index (χ1v) is 36.7. The first-order chi connectivity index (χ1) is 44.2. The minimum absolute atomic E-state index is 0.0346. The molecule has 1 aliphatic heterocycles. The molecular weight excluding hydrogens is 1330 g/mol. The van der Waals surface area contributed by atoms with Gasteiger partial charge in [-0.05, 0) is 64.7 Å². The maximum atomic E-state index is 13.3. The van der Waals surface area contributed by atoms with Gasteiger partial charge in [0.05, 0.1) is 111 Å². The van der Waals surface area contributed by atoms with Crippen LogP contribution in [-0.4, -0.2) is 282 Å². The fraction of sp³-hybridized carbons (Fsp3) is 0.962. The second-order valence-electron chi connectivity index (χ2n) is 21.7. The predicted octanol–water partition coefficient (Wildman–Crippen LogP) is 0.697. The van der Waals surface area contributed by atoms with Crippen LogP contribution < -0.4 is 10.6 Å². The number of phosphoric ester groups is 3. The summed E-state index contributed by atoms with van der Waals surface area (Å²) in [6.45, 7) is 0.976. The molecule has 93 heavy (non-hydrogen) atoms. The average Bonchev–Trinajstić information content (AvgIpc) is 0.837. The molecule has 36 nitrogen and oxygen atoms in total. The van der Waals surface area contributed by atoms with E-state index in [1.807, 2.05) is 0 Å². The van der Waals surface area contributed by atoms with E-state index < -0.39 is 124 Å². The molecule has 1 fully saturated rings. The van der Waals surface area contributed by atoms with Gasteiger partial charge in [-0.1, -0.05) is 25.7 Å². The van der Waals surface area contributed by atoms with Gasteiger partial charge in [-0.25, -0.2) is 13.7 Å². The Balaban J connectivity index is 2.88. The maximum Gasteiger partial charge on any atom is 0.472 e. The summed E-state index contributed by atoms with van der Waals surface area (Å²) in [6, 6.07) is -1.08. The lowest BCUT2D eigenvalue weighted by molar-refractivity contribution is -0.270. The van der Waals surface area contributed by atoms with Gasteiger partial charge >= 0.3 is 31.7 Å². The van der Waals surface area contributed by atoms with Crippen LogP contribution in [0.4, 0.5) is 0 Å². The normalized spacial score (nSPS) is 21.6. The number of amides is 2. The number of aliphatic hydroxyl groups excluding tert-OH is 7. The van der Waals surface area contributed by atoms with Crippen LogP contribution in [0.2, 0.25) is 0 Å². The summed E-state index contributed by atoms with van der Waals surface area (Å²) in [5.41, 5.74) is -1.41. The Morgan fingerprint density at radius 2 is 1.02 bits per heavy atom. The third-order valence-electron chi connectivity index (χ3n) is 13.1. The van der Waals surface area contributed by atoms with E-state index in [1.165, 1.54) is 20.8 Å². The van der Waals surface area contributed by atoms with E-state index in [4.69, 9.17) is 83.9 Å². The smallest absolute Gasteiger partial charge is 0.396 e. The Kier molecular flexibility index (Phi) is 51.7. The van der Waals surface area contributed by atoms with Crippen LogP contribution in [0.25, 0.3) is 0 Å². The van der Waals surface area contributed by atoms with Crippen molar-refractivity contribution in [2.75, 3.05) is 159 Å². The zero-order chi connectivity index (χ0) is 69.4. The summed E-state index contributed by atoms with van der Waals surface area (Å²) in [7, 11) is -15.5. The largest absolute Gasteiger partial charge is 0.472 e. The van der Waals surface area contributed by atoms with Crippen molar-refractivity contribution in [2.24, 2.45) is 11.3 Å². The highest BCUT2D eigenvalue weighted by atomic mass is 31.2. The lowest BCUT2D eigenvalue weighted by atomic mass is 9.92. The molecule has 0 aliphatic carbocycles. The second-order valence-corrected chi connectivity index (χ2v) is 26.9. The quantitative estimate of drug-likeness (QED) is 0.0226. The van der Waals surface area contributed by atoms with Gasteiger partial charge in [-0.15, -0.1) is 0 Å². The number of nitrogens with one attached hydrogen (secondary N) is 2. The molecule has 0 bridgehead atoms. The third-order valence-corrected chi connectivity index (χ3v) is 16.6. The van der Waals surface area contributed by atoms with E-state index in [-0.39, 0.29) is 151 Å². The van der Waals surface area contributed by atoms with E-state index in [2.05, 4.69) is 10.6 Å². The summed E-state index contributed by atoms with van der Waals surface area (Å²) < 4.78 is 142. The van der Waals surface area contributed by atoms with Crippen LogP contribution in [-0.2, 0) is 107 Å². The van der Waals surface area contributed by atoms with Gasteiger partial charge in [-0.2, -0.15) is 0 Å². The Morgan fingerprint density at radius 3 is 1.46 bits per heavy atom. The molecule has 0 aromatic heterocycles. The van der Waals surface area contributed by atoms with Gasteiger partial charge in [0.2, 0.25) is 18.1 Å². The average molecular weight is 1440 g/mol. The number of methoxy groups -OCH3 is 1. The standard InChI is InChI=1S/C53H108N2O34P4/c1-41(59)45(33-57)88-52(50(64)55-43(3)61)80-25-10-6-8-12-28-83-92(69,70)85-31-17-23-78-39-53(37-76-21-14-26-81-90(65)66,40-87-93(71,72)86-29-15-20-75-36-44(32-56)35-74-19-13-18-73-4)38-77-22-16-30-84-91(67,68)82-27-11-7-5-9-24-79-51-47(54-42(2)60)49(63)48(62)46(34-58)89-51/h41,44-52,56-59,62-64,90H,5-40H2,1-4H3,(H,54,60)(H,55,61)(H,65,66)(H,67,68)(H,69,70)(H,71,72)/t41-,44?,45?,46?,47?,48?,49?,50+,51?,52?,53?/m1/s1. The highest BCUT2D eigenvalue weighted by Crippen LogP contribution is 2.46. The number of ether oxygens (including phenoxy) is 10. The zero-order valence-electron chi connectivity index (χ0n) is 53.9. The lowest BCUT2D eigenvalue weighted by Gasteiger charge is -2.42. The predicted molar refractivity (Wildman–Crippen MR) is 326 cm³/mol. The zero-order valence-corrected chi connectivity index (χ0v) is 57.6. The van der Waals surface area contributed by atoms with Gasteiger partial charge in [0.1, 0.15) is 30.5 Å². The van der Waals surface area contributed by atoms with Crippen LogP contribution >= 0.6 is 31.7 Å². The Hall–Kier alpha value is -1.26. The number of carbonyl (C=O) groups excluding carboxylic acids is 2. The van der Waals surface area contributed by atoms with E-state index in [9.17, 15) is 78.3 Å². The van der Waals surface area contributed by atoms with Crippen LogP contribution in [0, 0.1) is 11.3 Å². The molecule has 0 aromatic carbocycles. The van der Waals surface area contributed by atoms with Crippen LogP contribution in [0.3, 0.4) is 0 Å². The second kappa shape index (κ2) is 53.6. The van der Waals surface area contributed by atoms with Crippen molar-refractivity contribution in [3.05, 3.63) is 0 Å². The number of hydrogen-bond acceptors (Lipinski definition) is 30. The summed E-state index contributed by atoms with van der Waals surface area (Å²) >= 11 is 0. The molecule has 554 valence electrons. The molecule has 13 N–H and O–H groups in total. The Morgan fingerprint density at radius 1 is 0.570 bits per heavy atom. The van der Waals surface area contributed by atoms with Crippen molar-refractivity contribution in [1.82, 2.24) is 10.6 Å². The van der Waals surface area contributed by atoms with E-state index in [0.29, 0.717) is 71.0 Å². The van der Waals surface area contributed by atoms with Crippen LogP contribution in [0.1, 0.15) is 104 Å². The van der Waals surface area contributed by atoms with Gasteiger partial charge < -0.3 is 118 Å². The van der Waals surface area contributed by atoms with Gasteiger partial charge in [0.25, 0.3) is 0 Å². The molecule has 0 saturated carbocycles. The molecule has 1 aliphatic rings. The summed E-state index contributed by atoms with van der Waals surface area (Å²) in [6.07, 6.45) is -5.53. The van der Waals surface area contributed by atoms with Crippen molar-refractivity contribution in [3.8, 4) is 0 Å². The molecule has 1 heterocycles. The Bertz CT molecular complexity index is 2070. The maximum absolute atomic E-state index is 13.3. The van der Waals surface area contributed by atoms with Crippen molar-refractivity contribution >= 4 is 43.5 Å². The fourth-order valence-electron chi connectivity index (χ4n) is 8.20. The summed E-state index contributed by atoms with van der Waals surface area (Å²) in [5, 5.41) is 74.2. The first-order valence-electron chi connectivity index (χ1n) is 31.0. The molecule has 15 atom stereocenters. The number of phosphoric acid groups is 3. The van der Waals surface area contributed by atoms with Crippen molar-refractivity contribution in [2.45, 2.75) is 160 Å². The molecule has 0 radical (unpaired) electrons. The minimum Gasteiger partial charge on any atom is -0.396 e. The van der Waals surface area contributed by atoms with Gasteiger partial charge in [0, 0.05) is 79.7 Å². The number of aliphatic hydroxyl groups is 7. The molecule has 40 heteroatoms. The molecule has 1 rings (SSSR count). The fourth-order valence-corrected chi connectivity index (χ4v) is 11.0. The molecule has 0 spiro atoms. The van der Waals surface area contributed by atoms with Crippen molar-refractivity contribution in [1.29, 1.82) is 0 Å². The molecule has 13 unspecified atom stereocenters. The SMILES string of the molecule is COCCCOCC(CO)COCCCOP(=O)(O)OCC(COCCCO[PH](=O)O)(COCCCOP(=O)(O)OCCCCCCOC1OC(CO)C(O)C(O)C1NC(C)=O)COCCCOP(=O)(O)OCCCCCCOC(OC(CO)[C@@H](C)O)[C@H](O)NC(C)=O. The first kappa shape index (κ1) is 89.8. The third kappa shape index (κ3) is 45.9. The number of carbonyl (C=O) groups is 2. The molecular formula is C53H108N2O34P4. The molecule has 0 aromatic rings.